The number of carbonyl (C=O) groups excluding carboxylic acids is 4. The van der Waals surface area contributed by atoms with E-state index in [-0.39, 0.29) is 52.0 Å². The van der Waals surface area contributed by atoms with Crippen molar-refractivity contribution in [2.75, 3.05) is 18.5 Å². The molecule has 1 aromatic heterocycles. The predicted octanol–water partition coefficient (Wildman–Crippen LogP) is 3.23. The molecule has 50 heavy (non-hydrogen) atoms. The first-order chi connectivity index (χ1) is 23.7. The molecule has 0 saturated heterocycles. The number of aromatic nitrogens is 1. The molecule has 0 aliphatic rings. The summed E-state index contributed by atoms with van der Waals surface area (Å²) >= 11 is 6.76. The van der Waals surface area contributed by atoms with E-state index in [4.69, 9.17) is 27.2 Å². The van der Waals surface area contributed by atoms with Crippen molar-refractivity contribution in [1.82, 2.24) is 15.6 Å². The van der Waals surface area contributed by atoms with Crippen molar-refractivity contribution < 1.29 is 43.8 Å². The molecule has 18 heteroatoms. The summed E-state index contributed by atoms with van der Waals surface area (Å²) in [7, 11) is 0. The Morgan fingerprint density at radius 2 is 1.78 bits per heavy atom. The van der Waals surface area contributed by atoms with Crippen LogP contribution in [0.3, 0.4) is 0 Å². The molecule has 0 fully saturated rings. The van der Waals surface area contributed by atoms with Crippen molar-refractivity contribution in [3.63, 3.8) is 0 Å². The number of carboxylic acid groups (broad SMARTS) is 1. The van der Waals surface area contributed by atoms with E-state index in [1.165, 1.54) is 37.3 Å². The lowest BCUT2D eigenvalue weighted by molar-refractivity contribution is -0.386. The molecule has 0 radical (unpaired) electrons. The average molecular weight is 725 g/mol. The zero-order chi connectivity index (χ0) is 36.5. The third-order valence-corrected chi connectivity index (χ3v) is 8.25. The quantitative estimate of drug-likeness (QED) is 0.0766. The molecule has 1 heterocycles. The van der Waals surface area contributed by atoms with Crippen LogP contribution in [-0.4, -0.2) is 68.9 Å². The smallest absolute Gasteiger partial charge is 0.341 e. The van der Waals surface area contributed by atoms with Crippen molar-refractivity contribution in [1.29, 1.82) is 0 Å². The summed E-state index contributed by atoms with van der Waals surface area (Å²) in [4.78, 5) is 77.4. The Hall–Kier alpha value is -6.07. The van der Waals surface area contributed by atoms with Gasteiger partial charge in [-0.1, -0.05) is 41.1 Å². The van der Waals surface area contributed by atoms with Crippen molar-refractivity contribution in [2.24, 2.45) is 5.73 Å². The summed E-state index contributed by atoms with van der Waals surface area (Å²) in [5.74, 6) is -4.70. The standard InChI is InChI=1S/C32H29ClN6O10S/c1-16-5-10-21(25(26(16)42)39(47)48)30(45)38-32-37-22(11-12-35-29(44)18-6-8-20(9-7-18)49-15-24(40)41)27(50-32)31(46)36-23(28(34)43)14-17-3-2-4-19(33)13-17/h2-10,13,23,42H,11-12,14-15H2,1H3,(H2,34,43)(H,35,44)(H,36,46)(H,40,41)(H,37,38,45)/t23-/m1/s1. The number of nitrogens with zero attached hydrogens (tertiary/aromatic N) is 2. The number of nitrogens with two attached hydrogens (primary N) is 1. The van der Waals surface area contributed by atoms with Gasteiger partial charge in [0.05, 0.1) is 10.6 Å². The summed E-state index contributed by atoms with van der Waals surface area (Å²) in [5, 5.41) is 38.5. The van der Waals surface area contributed by atoms with E-state index < -0.39 is 64.2 Å². The lowest BCUT2D eigenvalue weighted by Gasteiger charge is -2.15. The number of rotatable bonds is 15. The Kier molecular flexibility index (Phi) is 12.0. The minimum Gasteiger partial charge on any atom is -0.502 e. The Balaban J connectivity index is 1.55. The molecular weight excluding hydrogens is 696 g/mol. The highest BCUT2D eigenvalue weighted by atomic mass is 35.5. The second-order valence-electron chi connectivity index (χ2n) is 10.6. The van der Waals surface area contributed by atoms with Crippen LogP contribution in [0.2, 0.25) is 5.02 Å². The predicted molar refractivity (Wildman–Crippen MR) is 181 cm³/mol. The maximum absolute atomic E-state index is 13.5. The number of anilines is 1. The van der Waals surface area contributed by atoms with Crippen LogP contribution in [0.4, 0.5) is 10.8 Å². The van der Waals surface area contributed by atoms with Crippen LogP contribution in [-0.2, 0) is 22.4 Å². The van der Waals surface area contributed by atoms with E-state index in [1.54, 1.807) is 24.3 Å². The number of ether oxygens (including phenoxy) is 1. The van der Waals surface area contributed by atoms with Gasteiger partial charge in [0.25, 0.3) is 17.7 Å². The number of phenols is 1. The number of carbonyl (C=O) groups is 5. The maximum Gasteiger partial charge on any atom is 0.341 e. The van der Waals surface area contributed by atoms with Crippen LogP contribution in [0, 0.1) is 17.0 Å². The zero-order valence-corrected chi connectivity index (χ0v) is 27.7. The highest BCUT2D eigenvalue weighted by Gasteiger charge is 2.29. The molecule has 1 atom stereocenters. The second kappa shape index (κ2) is 16.4. The molecule has 7 N–H and O–H groups in total. The van der Waals surface area contributed by atoms with Gasteiger partial charge in [-0.05, 0) is 60.5 Å². The number of nitrogens with one attached hydrogen (secondary N) is 3. The number of amides is 4. The molecule has 3 aromatic carbocycles. The van der Waals surface area contributed by atoms with Crippen LogP contribution in [0.5, 0.6) is 11.5 Å². The van der Waals surface area contributed by atoms with Crippen LogP contribution in [0.1, 0.15) is 47.2 Å². The van der Waals surface area contributed by atoms with E-state index in [2.05, 4.69) is 20.9 Å². The van der Waals surface area contributed by atoms with E-state index >= 15 is 0 Å². The van der Waals surface area contributed by atoms with Crippen molar-refractivity contribution in [3.05, 3.63) is 109 Å². The zero-order valence-electron chi connectivity index (χ0n) is 26.1. The molecule has 0 aliphatic heterocycles. The first-order valence-electron chi connectivity index (χ1n) is 14.6. The SMILES string of the molecule is Cc1ccc(C(=O)Nc2nc(CCNC(=O)c3ccc(OCC(=O)O)cc3)c(C(=O)N[C@H](Cc3cccc(Cl)c3)C(N)=O)s2)c([N+](=O)[O-])c1O. The van der Waals surface area contributed by atoms with E-state index in [9.17, 15) is 39.2 Å². The Morgan fingerprint density at radius 3 is 2.42 bits per heavy atom. The number of phenolic OH excluding ortho intramolecular Hbond substituents is 1. The fourth-order valence-electron chi connectivity index (χ4n) is 4.56. The Bertz CT molecular complexity index is 1970. The Morgan fingerprint density at radius 1 is 1.06 bits per heavy atom. The van der Waals surface area contributed by atoms with E-state index in [0.717, 1.165) is 6.07 Å². The number of aromatic hydroxyl groups is 1. The molecule has 0 unspecified atom stereocenters. The molecule has 4 rings (SSSR count). The number of aryl methyl sites for hydroxylation is 1. The summed E-state index contributed by atoms with van der Waals surface area (Å²) in [6.45, 7) is 0.827. The first-order valence-corrected chi connectivity index (χ1v) is 15.8. The number of aliphatic carboxylic acids is 1. The summed E-state index contributed by atoms with van der Waals surface area (Å²) in [6, 6.07) is 13.6. The van der Waals surface area contributed by atoms with Gasteiger partial charge in [-0.15, -0.1) is 0 Å². The number of halogens is 1. The minimum atomic E-state index is -1.17. The summed E-state index contributed by atoms with van der Waals surface area (Å²) in [6.07, 6.45) is -0.0299. The van der Waals surface area contributed by atoms with Gasteiger partial charge in [-0.3, -0.25) is 34.6 Å². The normalized spacial score (nSPS) is 11.2. The molecule has 0 bridgehead atoms. The van der Waals surface area contributed by atoms with E-state index in [1.807, 2.05) is 0 Å². The average Bonchev–Trinajstić information content (AvgIpc) is 3.46. The number of thiazole rings is 1. The lowest BCUT2D eigenvalue weighted by Crippen LogP contribution is -2.45. The topological polar surface area (TPSA) is 253 Å². The number of primary amides is 1. The van der Waals surface area contributed by atoms with Crippen LogP contribution in [0.15, 0.2) is 60.7 Å². The molecular formula is C32H29ClN6O10S. The Labute approximate surface area is 292 Å². The molecule has 0 saturated carbocycles. The second-order valence-corrected chi connectivity index (χ2v) is 12.0. The number of hydrogen-bond acceptors (Lipinski definition) is 11. The molecule has 4 amide bonds. The van der Waals surface area contributed by atoms with Crippen molar-refractivity contribution >= 4 is 63.4 Å². The largest absolute Gasteiger partial charge is 0.502 e. The van der Waals surface area contributed by atoms with Gasteiger partial charge >= 0.3 is 11.7 Å². The number of nitro groups is 1. The van der Waals surface area contributed by atoms with Gasteiger partial charge < -0.3 is 31.3 Å². The number of carboxylic acids is 1. The highest BCUT2D eigenvalue weighted by Crippen LogP contribution is 2.34. The molecule has 0 aliphatic carbocycles. The highest BCUT2D eigenvalue weighted by molar-refractivity contribution is 7.17. The third kappa shape index (κ3) is 9.51. The number of benzene rings is 3. The van der Waals surface area contributed by atoms with Crippen molar-refractivity contribution in [3.8, 4) is 11.5 Å². The van der Waals surface area contributed by atoms with Gasteiger partial charge in [-0.2, -0.15) is 0 Å². The first kappa shape index (κ1) is 36.8. The fourth-order valence-corrected chi connectivity index (χ4v) is 5.68. The fraction of sp³-hybridized carbons (Fsp3) is 0.188. The van der Waals surface area contributed by atoms with Crippen LogP contribution in [0.25, 0.3) is 0 Å². The summed E-state index contributed by atoms with van der Waals surface area (Å²) in [5.41, 5.74) is 5.43. The monoisotopic (exact) mass is 724 g/mol. The lowest BCUT2D eigenvalue weighted by atomic mass is 10.1. The molecule has 4 aromatic rings. The molecule has 260 valence electrons. The molecule has 16 nitrogen and oxygen atoms in total. The van der Waals surface area contributed by atoms with Gasteiger partial charge in [0.15, 0.2) is 17.5 Å². The summed E-state index contributed by atoms with van der Waals surface area (Å²) < 4.78 is 5.06. The van der Waals surface area contributed by atoms with Gasteiger partial charge in [0.1, 0.15) is 22.2 Å². The van der Waals surface area contributed by atoms with Crippen molar-refractivity contribution in [2.45, 2.75) is 25.8 Å². The number of hydrogen-bond donors (Lipinski definition) is 6. The van der Waals surface area contributed by atoms with Gasteiger partial charge in [-0.25, -0.2) is 9.78 Å². The minimum absolute atomic E-state index is 0.0101. The van der Waals surface area contributed by atoms with Crippen LogP contribution < -0.4 is 26.4 Å². The van der Waals surface area contributed by atoms with E-state index in [0.29, 0.717) is 21.9 Å². The maximum atomic E-state index is 13.5. The molecule has 0 spiro atoms. The van der Waals surface area contributed by atoms with Crippen LogP contribution >= 0.6 is 22.9 Å². The number of nitro benzene ring substituents is 1. The third-order valence-electron chi connectivity index (χ3n) is 7.01. The van der Waals surface area contributed by atoms with Gasteiger partial charge in [0.2, 0.25) is 5.91 Å². The van der Waals surface area contributed by atoms with Gasteiger partial charge in [0, 0.05) is 30.0 Å².